The van der Waals surface area contributed by atoms with Gasteiger partial charge in [0.25, 0.3) is 0 Å². The molecule has 12 heteroatoms. The second-order valence-corrected chi connectivity index (χ2v) is 10.9. The van der Waals surface area contributed by atoms with Crippen molar-refractivity contribution >= 4 is 18.0 Å². The SMILES string of the molecule is C=CCN1C(=O)N[C@@H](c2ccc(C(F)(F)F)cc2)C(C(=O)OCC)=C1CN1CCN(C(=O)NC(C)(C)C)[C@H](C)C1. The average Bonchev–Trinajstić information content (AvgIpc) is 2.84. The van der Waals surface area contributed by atoms with E-state index >= 15 is 0 Å². The first-order valence-electron chi connectivity index (χ1n) is 13.2. The molecule has 9 nitrogen and oxygen atoms in total. The molecule has 2 aliphatic heterocycles. The van der Waals surface area contributed by atoms with Crippen molar-refractivity contribution in [1.82, 2.24) is 25.3 Å². The molecule has 0 radical (unpaired) electrons. The van der Waals surface area contributed by atoms with Gasteiger partial charge in [0.15, 0.2) is 0 Å². The molecular weight excluding hydrogens is 527 g/mol. The average molecular weight is 566 g/mol. The van der Waals surface area contributed by atoms with Crippen molar-refractivity contribution in [3.8, 4) is 0 Å². The van der Waals surface area contributed by atoms with Gasteiger partial charge in [-0.05, 0) is 52.3 Å². The molecule has 2 heterocycles. The highest BCUT2D eigenvalue weighted by Crippen LogP contribution is 2.35. The zero-order valence-electron chi connectivity index (χ0n) is 23.6. The zero-order valence-corrected chi connectivity index (χ0v) is 23.6. The minimum atomic E-state index is -4.53. The molecule has 1 aromatic rings. The van der Waals surface area contributed by atoms with Crippen LogP contribution >= 0.6 is 0 Å². The standard InChI is InChI=1S/C28H38F3N5O4/c1-7-13-36-21(17-34-14-15-35(18(3)16-34)26(39)33-27(4,5)6)22(24(37)40-8-2)23(32-25(36)38)19-9-11-20(12-10-19)28(29,30)31/h7,9-12,18,23H,1,8,13-17H2,2-6H3,(H,32,38)(H,33,39)/t18-,23+/m1/s1. The number of benzene rings is 1. The Morgan fingerprint density at radius 2 is 1.82 bits per heavy atom. The van der Waals surface area contributed by atoms with Crippen molar-refractivity contribution in [2.45, 2.75) is 58.4 Å². The van der Waals surface area contributed by atoms with Crippen molar-refractivity contribution in [3.63, 3.8) is 0 Å². The predicted octanol–water partition coefficient (Wildman–Crippen LogP) is 4.29. The summed E-state index contributed by atoms with van der Waals surface area (Å²) < 4.78 is 44.9. The van der Waals surface area contributed by atoms with Crippen LogP contribution in [0.1, 0.15) is 51.8 Å². The molecular formula is C28H38F3N5O4. The van der Waals surface area contributed by atoms with Gasteiger partial charge in [-0.2, -0.15) is 13.2 Å². The number of alkyl halides is 3. The van der Waals surface area contributed by atoms with Gasteiger partial charge < -0.3 is 20.3 Å². The third-order valence-corrected chi connectivity index (χ3v) is 6.64. The summed E-state index contributed by atoms with van der Waals surface area (Å²) in [5.74, 6) is -0.673. The smallest absolute Gasteiger partial charge is 0.416 e. The quantitative estimate of drug-likeness (QED) is 0.380. The number of esters is 1. The molecule has 2 N–H and O–H groups in total. The lowest BCUT2D eigenvalue weighted by Crippen LogP contribution is -2.59. The summed E-state index contributed by atoms with van der Waals surface area (Å²) in [7, 11) is 0. The first-order chi connectivity index (χ1) is 18.7. The van der Waals surface area contributed by atoms with Crippen LogP contribution in [0.15, 0.2) is 48.2 Å². The predicted molar refractivity (Wildman–Crippen MR) is 144 cm³/mol. The Labute approximate surface area is 233 Å². The number of carbonyl (C=O) groups excluding carboxylic acids is 3. The number of halogens is 3. The van der Waals surface area contributed by atoms with Crippen LogP contribution in [0, 0.1) is 0 Å². The molecule has 40 heavy (non-hydrogen) atoms. The maximum Gasteiger partial charge on any atom is 0.416 e. The second-order valence-electron chi connectivity index (χ2n) is 10.9. The largest absolute Gasteiger partial charge is 0.463 e. The van der Waals surface area contributed by atoms with Crippen LogP contribution in [-0.4, -0.2) is 83.6 Å². The fraction of sp³-hybridized carbons (Fsp3) is 0.536. The Kier molecular flexibility index (Phi) is 9.55. The number of ether oxygens (including phenoxy) is 1. The van der Waals surface area contributed by atoms with Crippen molar-refractivity contribution in [2.24, 2.45) is 0 Å². The van der Waals surface area contributed by atoms with E-state index in [4.69, 9.17) is 4.74 Å². The molecule has 4 amide bonds. The van der Waals surface area contributed by atoms with Crippen LogP contribution < -0.4 is 10.6 Å². The van der Waals surface area contributed by atoms with Crippen LogP contribution in [-0.2, 0) is 15.7 Å². The highest BCUT2D eigenvalue weighted by molar-refractivity contribution is 5.95. The van der Waals surface area contributed by atoms with E-state index in [-0.39, 0.29) is 42.9 Å². The van der Waals surface area contributed by atoms with Crippen molar-refractivity contribution in [3.05, 3.63) is 59.3 Å². The molecule has 1 saturated heterocycles. The summed E-state index contributed by atoms with van der Waals surface area (Å²) in [6.07, 6.45) is -3.00. The Hall–Kier alpha value is -3.54. The highest BCUT2D eigenvalue weighted by atomic mass is 19.4. The molecule has 2 aliphatic rings. The summed E-state index contributed by atoms with van der Waals surface area (Å²) >= 11 is 0. The van der Waals surface area contributed by atoms with E-state index in [0.29, 0.717) is 30.9 Å². The van der Waals surface area contributed by atoms with E-state index in [9.17, 15) is 27.6 Å². The Morgan fingerprint density at radius 1 is 1.18 bits per heavy atom. The maximum absolute atomic E-state index is 13.3. The van der Waals surface area contributed by atoms with E-state index in [1.165, 1.54) is 23.1 Å². The fourth-order valence-corrected chi connectivity index (χ4v) is 4.84. The molecule has 0 spiro atoms. The van der Waals surface area contributed by atoms with Gasteiger partial charge in [-0.1, -0.05) is 18.2 Å². The number of nitrogens with zero attached hydrogens (tertiary/aromatic N) is 3. The molecule has 3 rings (SSSR count). The molecule has 220 valence electrons. The summed E-state index contributed by atoms with van der Waals surface area (Å²) in [4.78, 5) is 44.5. The number of piperazine rings is 1. The number of carbonyl (C=O) groups is 3. The zero-order chi connectivity index (χ0) is 29.8. The van der Waals surface area contributed by atoms with E-state index in [2.05, 4.69) is 17.2 Å². The number of amides is 4. The van der Waals surface area contributed by atoms with Gasteiger partial charge in [0, 0.05) is 50.0 Å². The van der Waals surface area contributed by atoms with Gasteiger partial charge in [0.05, 0.1) is 23.8 Å². The lowest BCUT2D eigenvalue weighted by molar-refractivity contribution is -0.139. The monoisotopic (exact) mass is 565 g/mol. The first kappa shape index (κ1) is 31.0. The van der Waals surface area contributed by atoms with Gasteiger partial charge >= 0.3 is 24.2 Å². The number of hydrogen-bond acceptors (Lipinski definition) is 5. The third kappa shape index (κ3) is 7.35. The van der Waals surface area contributed by atoms with E-state index < -0.39 is 29.8 Å². The second kappa shape index (κ2) is 12.3. The fourth-order valence-electron chi connectivity index (χ4n) is 4.84. The van der Waals surface area contributed by atoms with Gasteiger partial charge in [0.1, 0.15) is 0 Å². The van der Waals surface area contributed by atoms with E-state index in [1.54, 1.807) is 11.8 Å². The number of rotatable bonds is 7. The molecule has 0 bridgehead atoms. The third-order valence-electron chi connectivity index (χ3n) is 6.64. The summed E-state index contributed by atoms with van der Waals surface area (Å²) in [6, 6.07) is 2.50. The first-order valence-corrected chi connectivity index (χ1v) is 13.2. The summed E-state index contributed by atoms with van der Waals surface area (Å²) in [5.41, 5.74) is -0.384. The number of hydrogen-bond donors (Lipinski definition) is 2. The van der Waals surface area contributed by atoms with Gasteiger partial charge in [0.2, 0.25) is 0 Å². The Bertz CT molecular complexity index is 1140. The number of urea groups is 2. The van der Waals surface area contributed by atoms with Gasteiger partial charge in [-0.3, -0.25) is 9.80 Å². The van der Waals surface area contributed by atoms with Gasteiger partial charge in [-0.15, -0.1) is 6.58 Å². The lowest BCUT2D eigenvalue weighted by atomic mass is 9.93. The Morgan fingerprint density at radius 3 is 2.35 bits per heavy atom. The highest BCUT2D eigenvalue weighted by Gasteiger charge is 2.40. The van der Waals surface area contributed by atoms with Crippen molar-refractivity contribution < 1.29 is 32.3 Å². The van der Waals surface area contributed by atoms with Crippen molar-refractivity contribution in [2.75, 3.05) is 39.3 Å². The lowest BCUT2D eigenvalue weighted by Gasteiger charge is -2.43. The maximum atomic E-state index is 13.3. The van der Waals surface area contributed by atoms with Crippen molar-refractivity contribution in [1.29, 1.82) is 0 Å². The van der Waals surface area contributed by atoms with Crippen LogP contribution in [0.4, 0.5) is 22.8 Å². The van der Waals surface area contributed by atoms with Crippen LogP contribution in [0.2, 0.25) is 0 Å². The van der Waals surface area contributed by atoms with Gasteiger partial charge in [-0.25, -0.2) is 14.4 Å². The minimum Gasteiger partial charge on any atom is -0.463 e. The van der Waals surface area contributed by atoms with E-state index in [0.717, 1.165) is 12.1 Å². The summed E-state index contributed by atoms with van der Waals surface area (Å²) in [6.45, 7) is 14.8. The Balaban J connectivity index is 1.98. The molecule has 1 fully saturated rings. The molecule has 0 unspecified atom stereocenters. The molecule has 0 aromatic heterocycles. The number of nitrogens with one attached hydrogen (secondary N) is 2. The normalized spacial score (nSPS) is 20.8. The molecule has 0 saturated carbocycles. The topological polar surface area (TPSA) is 94.2 Å². The minimum absolute atomic E-state index is 0.0728. The van der Waals surface area contributed by atoms with E-state index in [1.807, 2.05) is 32.6 Å². The molecule has 1 aromatic carbocycles. The summed E-state index contributed by atoms with van der Waals surface area (Å²) in [5, 5.41) is 5.73. The molecule has 0 aliphatic carbocycles. The molecule has 2 atom stereocenters. The van der Waals surface area contributed by atoms with Crippen LogP contribution in [0.5, 0.6) is 0 Å². The van der Waals surface area contributed by atoms with Crippen LogP contribution in [0.25, 0.3) is 0 Å². The van der Waals surface area contributed by atoms with Crippen LogP contribution in [0.3, 0.4) is 0 Å².